The highest BCUT2D eigenvalue weighted by molar-refractivity contribution is 6.32. The van der Waals surface area contributed by atoms with Gasteiger partial charge < -0.3 is 9.64 Å². The Morgan fingerprint density at radius 3 is 2.38 bits per heavy atom. The predicted molar refractivity (Wildman–Crippen MR) is 129 cm³/mol. The van der Waals surface area contributed by atoms with Crippen molar-refractivity contribution in [1.82, 2.24) is 10.3 Å². The molecule has 2 unspecified atom stereocenters. The third-order valence-corrected chi connectivity index (χ3v) is 6.17. The van der Waals surface area contributed by atoms with Crippen LogP contribution < -0.4 is 10.2 Å². The molecule has 34 heavy (non-hydrogen) atoms. The highest BCUT2D eigenvalue weighted by Gasteiger charge is 2.29. The van der Waals surface area contributed by atoms with E-state index in [1.54, 1.807) is 37.3 Å². The molecule has 0 aliphatic carbocycles. The van der Waals surface area contributed by atoms with Gasteiger partial charge in [0.05, 0.1) is 10.6 Å². The number of hydrogen-bond acceptors (Lipinski definition) is 6. The second-order valence-corrected chi connectivity index (χ2v) is 8.71. The van der Waals surface area contributed by atoms with Gasteiger partial charge in [-0.1, -0.05) is 17.7 Å². The molecular weight excluding hydrogens is 460 g/mol. The van der Waals surface area contributed by atoms with Crippen LogP contribution >= 0.6 is 11.6 Å². The van der Waals surface area contributed by atoms with Gasteiger partial charge in [0.25, 0.3) is 17.5 Å². The summed E-state index contributed by atoms with van der Waals surface area (Å²) in [6.45, 7) is 5.67. The molecule has 0 bridgehead atoms. The van der Waals surface area contributed by atoms with Gasteiger partial charge in [0, 0.05) is 29.3 Å². The van der Waals surface area contributed by atoms with Gasteiger partial charge in [-0.05, 0) is 70.4 Å². The number of nitro groups is 1. The molecule has 1 saturated heterocycles. The van der Waals surface area contributed by atoms with Gasteiger partial charge in [-0.25, -0.2) is 5.43 Å². The fraction of sp³-hybridized carbons (Fsp3) is 0.375. The number of amides is 2. The highest BCUT2D eigenvalue weighted by atomic mass is 35.5. The van der Waals surface area contributed by atoms with Gasteiger partial charge in [0.15, 0.2) is 6.61 Å². The van der Waals surface area contributed by atoms with Gasteiger partial charge in [-0.2, -0.15) is 5.10 Å². The third-order valence-electron chi connectivity index (χ3n) is 5.85. The van der Waals surface area contributed by atoms with Crippen LogP contribution in [0.25, 0.3) is 0 Å². The van der Waals surface area contributed by atoms with Crippen LogP contribution in [0.4, 0.5) is 5.69 Å². The molecule has 1 aliphatic heterocycles. The average Bonchev–Trinajstić information content (AvgIpc) is 2.81. The second-order valence-electron chi connectivity index (χ2n) is 8.30. The van der Waals surface area contributed by atoms with Crippen molar-refractivity contribution in [3.63, 3.8) is 0 Å². The zero-order valence-electron chi connectivity index (χ0n) is 19.3. The molecular formula is C24H27ClN4O5. The van der Waals surface area contributed by atoms with E-state index in [1.807, 2.05) is 4.90 Å². The zero-order valence-corrected chi connectivity index (χ0v) is 20.0. The molecule has 10 heteroatoms. The van der Waals surface area contributed by atoms with Crippen molar-refractivity contribution in [2.24, 2.45) is 5.10 Å². The minimum Gasteiger partial charge on any atom is -0.484 e. The number of ether oxygens (including phenoxy) is 1. The Labute approximate surface area is 202 Å². The first-order chi connectivity index (χ1) is 16.2. The Morgan fingerprint density at radius 1 is 1.15 bits per heavy atom. The van der Waals surface area contributed by atoms with E-state index < -0.39 is 10.8 Å². The number of nitrogens with one attached hydrogen (secondary N) is 1. The Kier molecular flexibility index (Phi) is 8.22. The molecule has 1 aliphatic rings. The zero-order chi connectivity index (χ0) is 24.8. The molecule has 1 heterocycles. The molecule has 0 saturated carbocycles. The lowest BCUT2D eigenvalue weighted by Crippen LogP contribution is -2.49. The van der Waals surface area contributed by atoms with Gasteiger partial charge in [-0.15, -0.1) is 0 Å². The number of piperidine rings is 1. The number of carbonyl (C=O) groups is 2. The molecule has 2 aromatic carbocycles. The summed E-state index contributed by atoms with van der Waals surface area (Å²) in [6, 6.07) is 11.1. The summed E-state index contributed by atoms with van der Waals surface area (Å²) in [7, 11) is 0. The quantitative estimate of drug-likeness (QED) is 0.349. The lowest BCUT2D eigenvalue weighted by molar-refractivity contribution is -0.384. The standard InChI is InChI=1S/C24H27ClN4O5/c1-15-5-4-6-16(2)28(15)23(30)14-34-20-10-7-18(8-11-20)24(31)27-26-17(3)19-9-12-21(25)22(13-19)29(32)33/h7-13,15-16H,4-6,14H2,1-3H3,(H,27,31)/b26-17-. The normalized spacial score (nSPS) is 18.4. The lowest BCUT2D eigenvalue weighted by atomic mass is 9.97. The van der Waals surface area contributed by atoms with E-state index in [0.717, 1.165) is 19.3 Å². The van der Waals surface area contributed by atoms with Crippen molar-refractivity contribution in [3.8, 4) is 5.75 Å². The maximum Gasteiger partial charge on any atom is 0.288 e. The van der Waals surface area contributed by atoms with Crippen LogP contribution in [0.2, 0.25) is 5.02 Å². The van der Waals surface area contributed by atoms with Gasteiger partial charge >= 0.3 is 0 Å². The summed E-state index contributed by atoms with van der Waals surface area (Å²) in [5.74, 6) is -0.0226. The first-order valence-electron chi connectivity index (χ1n) is 11.0. The first-order valence-corrected chi connectivity index (χ1v) is 11.4. The number of carbonyl (C=O) groups excluding carboxylic acids is 2. The van der Waals surface area contributed by atoms with Crippen LogP contribution in [0.5, 0.6) is 5.75 Å². The van der Waals surface area contributed by atoms with Crippen molar-refractivity contribution >= 4 is 34.8 Å². The largest absolute Gasteiger partial charge is 0.484 e. The molecule has 0 radical (unpaired) electrons. The summed E-state index contributed by atoms with van der Waals surface area (Å²) >= 11 is 5.83. The molecule has 0 aromatic heterocycles. The summed E-state index contributed by atoms with van der Waals surface area (Å²) in [5.41, 5.74) is 3.38. The van der Waals surface area contributed by atoms with Crippen molar-refractivity contribution < 1.29 is 19.2 Å². The molecule has 1 fully saturated rings. The number of halogens is 1. The first kappa shape index (κ1) is 25.2. The van der Waals surface area contributed by atoms with Crippen LogP contribution in [-0.2, 0) is 4.79 Å². The molecule has 2 atom stereocenters. The predicted octanol–water partition coefficient (Wildman–Crippen LogP) is 4.57. The number of hydrogen-bond donors (Lipinski definition) is 1. The number of nitro benzene ring substituents is 1. The fourth-order valence-electron chi connectivity index (χ4n) is 3.98. The van der Waals surface area contributed by atoms with Crippen molar-refractivity contribution in [3.05, 3.63) is 68.7 Å². The van der Waals surface area contributed by atoms with Crippen LogP contribution in [0.15, 0.2) is 47.6 Å². The monoisotopic (exact) mass is 486 g/mol. The van der Waals surface area contributed by atoms with Gasteiger partial charge in [0.1, 0.15) is 10.8 Å². The van der Waals surface area contributed by atoms with E-state index in [-0.39, 0.29) is 35.3 Å². The molecule has 2 amide bonds. The Balaban J connectivity index is 1.57. The second kappa shape index (κ2) is 11.1. The third kappa shape index (κ3) is 6.11. The summed E-state index contributed by atoms with van der Waals surface area (Å²) < 4.78 is 5.63. The smallest absolute Gasteiger partial charge is 0.288 e. The van der Waals surface area contributed by atoms with E-state index >= 15 is 0 Å². The minimum absolute atomic E-state index is 0.0227. The van der Waals surface area contributed by atoms with Crippen molar-refractivity contribution in [1.29, 1.82) is 0 Å². The fourth-order valence-corrected chi connectivity index (χ4v) is 4.16. The number of likely N-dealkylation sites (tertiary alicyclic amines) is 1. The maximum absolute atomic E-state index is 12.6. The average molecular weight is 487 g/mol. The number of benzene rings is 2. The van der Waals surface area contributed by atoms with Crippen LogP contribution in [0, 0.1) is 10.1 Å². The van der Waals surface area contributed by atoms with E-state index in [1.165, 1.54) is 12.1 Å². The Morgan fingerprint density at radius 2 is 1.76 bits per heavy atom. The SMILES string of the molecule is C/C(=N/NC(=O)c1ccc(OCC(=O)N2C(C)CCCC2C)cc1)c1ccc(Cl)c([N+](=O)[O-])c1. The number of rotatable bonds is 7. The van der Waals surface area contributed by atoms with Gasteiger partial charge in [-0.3, -0.25) is 19.7 Å². The summed E-state index contributed by atoms with van der Waals surface area (Å²) in [6.07, 6.45) is 3.12. The molecule has 2 aromatic rings. The van der Waals surface area contributed by atoms with Crippen LogP contribution in [0.1, 0.15) is 56.0 Å². The molecule has 1 N–H and O–H groups in total. The Hall–Kier alpha value is -3.46. The summed E-state index contributed by atoms with van der Waals surface area (Å²) in [5, 5.41) is 15.1. The van der Waals surface area contributed by atoms with Gasteiger partial charge in [0.2, 0.25) is 0 Å². The lowest BCUT2D eigenvalue weighted by Gasteiger charge is -2.38. The van der Waals surface area contributed by atoms with E-state index in [0.29, 0.717) is 22.6 Å². The molecule has 0 spiro atoms. The molecule has 180 valence electrons. The minimum atomic E-state index is -0.581. The molecule has 9 nitrogen and oxygen atoms in total. The van der Waals surface area contributed by atoms with E-state index in [9.17, 15) is 19.7 Å². The highest BCUT2D eigenvalue weighted by Crippen LogP contribution is 2.25. The van der Waals surface area contributed by atoms with Crippen molar-refractivity contribution in [2.45, 2.75) is 52.1 Å². The number of hydrazone groups is 1. The summed E-state index contributed by atoms with van der Waals surface area (Å²) in [4.78, 5) is 37.4. The van der Waals surface area contributed by atoms with Crippen LogP contribution in [-0.4, -0.2) is 46.0 Å². The van der Waals surface area contributed by atoms with E-state index in [4.69, 9.17) is 16.3 Å². The van der Waals surface area contributed by atoms with Crippen LogP contribution in [0.3, 0.4) is 0 Å². The number of nitrogens with zero attached hydrogens (tertiary/aromatic N) is 3. The topological polar surface area (TPSA) is 114 Å². The maximum atomic E-state index is 12.6. The Bertz CT molecular complexity index is 1090. The van der Waals surface area contributed by atoms with Crippen molar-refractivity contribution in [2.75, 3.05) is 6.61 Å². The molecule has 3 rings (SSSR count). The van der Waals surface area contributed by atoms with E-state index in [2.05, 4.69) is 24.4 Å².